The van der Waals surface area contributed by atoms with Gasteiger partial charge in [0.15, 0.2) is 0 Å². The van der Waals surface area contributed by atoms with Crippen molar-refractivity contribution in [2.75, 3.05) is 13.2 Å². The van der Waals surface area contributed by atoms with Crippen LogP contribution in [0.5, 0.6) is 0 Å². The normalized spacial score (nSPS) is 11.2. The number of unbranched alkanes of at least 4 members (excludes halogenated alkanes) is 18. The quantitative estimate of drug-likeness (QED) is 0.0488. The Morgan fingerprint density at radius 2 is 0.675 bits per heavy atom. The van der Waals surface area contributed by atoms with E-state index in [9.17, 15) is 9.59 Å². The van der Waals surface area contributed by atoms with Gasteiger partial charge in [-0.3, -0.25) is 0 Å². The van der Waals surface area contributed by atoms with Gasteiger partial charge in [0.05, 0.1) is 44.4 Å². The summed E-state index contributed by atoms with van der Waals surface area (Å²) in [7, 11) is 0. The number of benzene rings is 1. The zero-order chi connectivity index (χ0) is 29.6. The predicted octanol–water partition coefficient (Wildman–Crippen LogP) is 12.5. The zero-order valence-corrected chi connectivity index (χ0v) is 27.7. The van der Waals surface area contributed by atoms with Gasteiger partial charge in [0, 0.05) is 0 Å². The van der Waals surface area contributed by atoms with Gasteiger partial charge >= 0.3 is 11.9 Å². The fourth-order valence-electron chi connectivity index (χ4n) is 4.67. The molecule has 0 N–H and O–H groups in total. The summed E-state index contributed by atoms with van der Waals surface area (Å²) in [6.07, 6.45) is 23.4. The summed E-state index contributed by atoms with van der Waals surface area (Å²) in [6, 6.07) is 0. The minimum absolute atomic E-state index is 0.0922. The number of ether oxygens (including phenoxy) is 2. The van der Waals surface area contributed by atoms with Crippen molar-refractivity contribution in [3.63, 3.8) is 0 Å². The fourth-order valence-corrected chi connectivity index (χ4v) is 5.68. The second kappa shape index (κ2) is 23.8. The molecule has 0 aliphatic carbocycles. The summed E-state index contributed by atoms with van der Waals surface area (Å²) >= 11 is 25.1. The van der Waals surface area contributed by atoms with Crippen molar-refractivity contribution in [2.45, 2.75) is 142 Å². The third-order valence-electron chi connectivity index (χ3n) is 7.14. The first kappa shape index (κ1) is 37.3. The highest BCUT2D eigenvalue weighted by Gasteiger charge is 2.30. The smallest absolute Gasteiger partial charge is 0.340 e. The lowest BCUT2D eigenvalue weighted by Crippen LogP contribution is -2.17. The van der Waals surface area contributed by atoms with E-state index in [0.717, 1.165) is 38.5 Å². The summed E-state index contributed by atoms with van der Waals surface area (Å²) in [4.78, 5) is 25.9. The van der Waals surface area contributed by atoms with Crippen molar-refractivity contribution in [3.05, 3.63) is 31.2 Å². The van der Waals surface area contributed by atoms with E-state index < -0.39 is 11.9 Å². The average Bonchev–Trinajstić information content (AvgIpc) is 2.95. The molecule has 0 spiro atoms. The summed E-state index contributed by atoms with van der Waals surface area (Å²) in [6.45, 7) is 4.89. The lowest BCUT2D eigenvalue weighted by Gasteiger charge is -2.15. The van der Waals surface area contributed by atoms with Crippen molar-refractivity contribution in [1.29, 1.82) is 0 Å². The molecule has 1 aromatic carbocycles. The van der Waals surface area contributed by atoms with Crippen LogP contribution in [0.4, 0.5) is 0 Å². The molecular weight excluding hydrogens is 590 g/mol. The first-order valence-electron chi connectivity index (χ1n) is 15.6. The van der Waals surface area contributed by atoms with Gasteiger partial charge in [-0.15, -0.1) is 0 Å². The van der Waals surface area contributed by atoms with Crippen LogP contribution in [-0.2, 0) is 9.47 Å². The Kier molecular flexibility index (Phi) is 22.3. The van der Waals surface area contributed by atoms with Gasteiger partial charge in [-0.25, -0.2) is 9.59 Å². The van der Waals surface area contributed by atoms with Crippen LogP contribution in [0.15, 0.2) is 0 Å². The van der Waals surface area contributed by atoms with E-state index in [1.54, 1.807) is 0 Å². The average molecular weight is 641 g/mol. The number of esters is 2. The van der Waals surface area contributed by atoms with Gasteiger partial charge in [-0.05, 0) is 12.8 Å². The summed E-state index contributed by atoms with van der Waals surface area (Å²) in [5.74, 6) is -1.51. The molecule has 1 aromatic rings. The van der Waals surface area contributed by atoms with Crippen LogP contribution in [0.1, 0.15) is 163 Å². The van der Waals surface area contributed by atoms with Crippen molar-refractivity contribution in [2.24, 2.45) is 0 Å². The van der Waals surface area contributed by atoms with Gasteiger partial charge < -0.3 is 9.47 Å². The summed E-state index contributed by atoms with van der Waals surface area (Å²) < 4.78 is 10.9. The minimum atomic E-state index is -0.757. The molecule has 0 fully saturated rings. The van der Waals surface area contributed by atoms with Crippen LogP contribution in [0.25, 0.3) is 0 Å². The Balaban J connectivity index is 2.49. The number of halogens is 4. The molecule has 0 aromatic heterocycles. The second-order valence-corrected chi connectivity index (χ2v) is 12.2. The van der Waals surface area contributed by atoms with Crippen molar-refractivity contribution < 1.29 is 19.1 Å². The van der Waals surface area contributed by atoms with Gasteiger partial charge in [0.2, 0.25) is 0 Å². The number of rotatable bonds is 24. The molecule has 1 rings (SSSR count). The van der Waals surface area contributed by atoms with Gasteiger partial charge in [-0.2, -0.15) is 0 Å². The van der Waals surface area contributed by atoms with Crippen LogP contribution in [0, 0.1) is 0 Å². The van der Waals surface area contributed by atoms with E-state index in [-0.39, 0.29) is 44.4 Å². The van der Waals surface area contributed by atoms with E-state index in [0.29, 0.717) is 0 Å². The van der Waals surface area contributed by atoms with Gasteiger partial charge in [0.1, 0.15) is 0 Å². The Morgan fingerprint density at radius 1 is 0.425 bits per heavy atom. The fraction of sp³-hybridized carbons (Fsp3) is 0.750. The Bertz CT molecular complexity index is 791. The van der Waals surface area contributed by atoms with Gasteiger partial charge in [-0.1, -0.05) is 176 Å². The highest BCUT2D eigenvalue weighted by molar-refractivity contribution is 6.54. The molecule has 0 unspecified atom stereocenters. The largest absolute Gasteiger partial charge is 0.462 e. The molecule has 4 nitrogen and oxygen atoms in total. The second-order valence-electron chi connectivity index (χ2n) is 10.6. The lowest BCUT2D eigenvalue weighted by atomic mass is 10.1. The molecule has 0 heterocycles. The van der Waals surface area contributed by atoms with Crippen molar-refractivity contribution in [1.82, 2.24) is 0 Å². The molecule has 0 bridgehead atoms. The molecule has 0 saturated heterocycles. The Hall–Kier alpha value is -0.680. The first-order chi connectivity index (χ1) is 19.4. The summed E-state index contributed by atoms with van der Waals surface area (Å²) in [5, 5.41) is -0.499. The maximum Gasteiger partial charge on any atom is 0.340 e. The maximum atomic E-state index is 13.0. The minimum Gasteiger partial charge on any atom is -0.462 e. The summed E-state index contributed by atoms with van der Waals surface area (Å²) in [5.41, 5.74) is -0.387. The van der Waals surface area contributed by atoms with Crippen LogP contribution < -0.4 is 0 Å². The molecule has 40 heavy (non-hydrogen) atoms. The molecule has 230 valence electrons. The molecule has 0 radical (unpaired) electrons. The molecule has 0 amide bonds. The number of carbonyl (C=O) groups excluding carboxylic acids is 2. The third-order valence-corrected chi connectivity index (χ3v) is 8.94. The van der Waals surface area contributed by atoms with E-state index in [2.05, 4.69) is 13.8 Å². The SMILES string of the molecule is CCCCCCCCCCCCOC(=O)c1c(Cl)c(Cl)c(Cl)c(Cl)c1C(=O)OCCCCCCCCCCCC. The molecule has 0 atom stereocenters. The zero-order valence-electron chi connectivity index (χ0n) is 24.7. The highest BCUT2D eigenvalue weighted by atomic mass is 35.5. The Labute approximate surface area is 263 Å². The third kappa shape index (κ3) is 15.0. The first-order valence-corrected chi connectivity index (χ1v) is 17.1. The highest BCUT2D eigenvalue weighted by Crippen LogP contribution is 2.42. The maximum absolute atomic E-state index is 13.0. The predicted molar refractivity (Wildman–Crippen MR) is 171 cm³/mol. The number of hydrogen-bond donors (Lipinski definition) is 0. The number of carbonyl (C=O) groups is 2. The van der Waals surface area contributed by atoms with Crippen LogP contribution >= 0.6 is 46.4 Å². The Morgan fingerprint density at radius 3 is 0.950 bits per heavy atom. The standard InChI is InChI=1S/C32H50Cl4O4/c1-3-5-7-9-11-13-15-17-19-21-23-39-31(37)25-26(28(34)30(36)29(35)27(25)33)32(38)40-24-22-20-18-16-14-12-10-8-6-4-2/h3-24H2,1-2H3. The molecule has 0 aliphatic heterocycles. The topological polar surface area (TPSA) is 52.6 Å². The number of hydrogen-bond acceptors (Lipinski definition) is 4. The van der Waals surface area contributed by atoms with Crippen molar-refractivity contribution >= 4 is 58.3 Å². The van der Waals surface area contributed by atoms with E-state index in [1.165, 1.54) is 89.9 Å². The monoisotopic (exact) mass is 638 g/mol. The molecule has 8 heteroatoms. The van der Waals surface area contributed by atoms with Crippen LogP contribution in [0.3, 0.4) is 0 Å². The van der Waals surface area contributed by atoms with Crippen molar-refractivity contribution in [3.8, 4) is 0 Å². The van der Waals surface area contributed by atoms with E-state index >= 15 is 0 Å². The van der Waals surface area contributed by atoms with E-state index in [1.807, 2.05) is 0 Å². The van der Waals surface area contributed by atoms with E-state index in [4.69, 9.17) is 55.9 Å². The molecule has 0 saturated carbocycles. The lowest BCUT2D eigenvalue weighted by molar-refractivity contribution is 0.0450. The molecular formula is C32H50Cl4O4. The van der Waals surface area contributed by atoms with Crippen LogP contribution in [0.2, 0.25) is 20.1 Å². The van der Waals surface area contributed by atoms with Crippen LogP contribution in [-0.4, -0.2) is 25.2 Å². The van der Waals surface area contributed by atoms with Gasteiger partial charge in [0.25, 0.3) is 0 Å². The molecule has 0 aliphatic rings.